The van der Waals surface area contributed by atoms with E-state index >= 15 is 0 Å². The fourth-order valence-corrected chi connectivity index (χ4v) is 2.52. The number of carbonyl (C=O) groups excluding carboxylic acids is 1. The first kappa shape index (κ1) is 14.5. The topological polar surface area (TPSA) is 51.2 Å². The molecule has 0 spiro atoms. The fourth-order valence-electron chi connectivity index (χ4n) is 1.83. The van der Waals surface area contributed by atoms with E-state index in [4.69, 9.17) is 4.74 Å². The second-order valence-electron chi connectivity index (χ2n) is 4.54. The number of carbonyl (C=O) groups is 1. The molecule has 106 valence electrons. The third-order valence-corrected chi connectivity index (χ3v) is 3.63. The molecular formula is C15H18N2O2S. The van der Waals surface area contributed by atoms with Crippen molar-refractivity contribution in [2.45, 2.75) is 27.4 Å². The van der Waals surface area contributed by atoms with Crippen LogP contribution in [0, 0.1) is 13.8 Å². The first-order valence-electron chi connectivity index (χ1n) is 6.52. The molecule has 4 nitrogen and oxygen atoms in total. The number of hydrogen-bond acceptors (Lipinski definition) is 4. The monoisotopic (exact) mass is 290 g/mol. The predicted molar refractivity (Wildman–Crippen MR) is 80.4 cm³/mol. The van der Waals surface area contributed by atoms with Gasteiger partial charge in [-0.3, -0.25) is 4.79 Å². The fraction of sp³-hybridized carbons (Fsp3) is 0.333. The molecular weight excluding hydrogens is 272 g/mol. The average Bonchev–Trinajstić information content (AvgIpc) is 2.87. The standard InChI is InChI=1S/C15H18N2O2S/c1-4-16-15(18)12-9-20-14(17-12)8-19-13-6-5-10(2)7-11(13)3/h5-7,9H,4,8H2,1-3H3,(H,16,18). The molecule has 0 aliphatic heterocycles. The van der Waals surface area contributed by atoms with Crippen LogP contribution in [0.4, 0.5) is 0 Å². The van der Waals surface area contributed by atoms with Gasteiger partial charge in [-0.05, 0) is 32.4 Å². The summed E-state index contributed by atoms with van der Waals surface area (Å²) in [5.41, 5.74) is 2.77. The molecule has 1 amide bonds. The van der Waals surface area contributed by atoms with Crippen molar-refractivity contribution in [3.63, 3.8) is 0 Å². The molecule has 0 radical (unpaired) electrons. The molecule has 0 aliphatic rings. The summed E-state index contributed by atoms with van der Waals surface area (Å²) in [5, 5.41) is 5.28. The number of benzene rings is 1. The molecule has 2 aromatic rings. The van der Waals surface area contributed by atoms with Crippen LogP contribution in [0.1, 0.15) is 33.5 Å². The Morgan fingerprint density at radius 1 is 1.40 bits per heavy atom. The Morgan fingerprint density at radius 2 is 2.20 bits per heavy atom. The van der Waals surface area contributed by atoms with Gasteiger partial charge in [0.15, 0.2) is 0 Å². The van der Waals surface area contributed by atoms with Gasteiger partial charge in [0.05, 0.1) is 0 Å². The Labute approximate surface area is 122 Å². The van der Waals surface area contributed by atoms with Crippen LogP contribution in [0.25, 0.3) is 0 Å². The van der Waals surface area contributed by atoms with Crippen LogP contribution in [0.15, 0.2) is 23.6 Å². The largest absolute Gasteiger partial charge is 0.486 e. The van der Waals surface area contributed by atoms with Crippen molar-refractivity contribution < 1.29 is 9.53 Å². The van der Waals surface area contributed by atoms with Crippen molar-refractivity contribution in [2.24, 2.45) is 0 Å². The van der Waals surface area contributed by atoms with Crippen molar-refractivity contribution in [1.29, 1.82) is 0 Å². The van der Waals surface area contributed by atoms with E-state index < -0.39 is 0 Å². The second kappa shape index (κ2) is 6.52. The van der Waals surface area contributed by atoms with Gasteiger partial charge in [0, 0.05) is 11.9 Å². The average molecular weight is 290 g/mol. The highest BCUT2D eigenvalue weighted by Crippen LogP contribution is 2.21. The Hall–Kier alpha value is -1.88. The van der Waals surface area contributed by atoms with Gasteiger partial charge in [-0.1, -0.05) is 17.7 Å². The molecule has 0 aliphatic carbocycles. The third-order valence-electron chi connectivity index (χ3n) is 2.80. The summed E-state index contributed by atoms with van der Waals surface area (Å²) in [6.45, 7) is 6.94. The Kier molecular flexibility index (Phi) is 4.74. The number of rotatable bonds is 5. The van der Waals surface area contributed by atoms with Crippen LogP contribution in [0.5, 0.6) is 5.75 Å². The summed E-state index contributed by atoms with van der Waals surface area (Å²) in [5.74, 6) is 0.715. The lowest BCUT2D eigenvalue weighted by Gasteiger charge is -2.08. The van der Waals surface area contributed by atoms with Crippen LogP contribution in [-0.4, -0.2) is 17.4 Å². The van der Waals surface area contributed by atoms with E-state index in [0.29, 0.717) is 18.8 Å². The van der Waals surface area contributed by atoms with Crippen molar-refractivity contribution in [2.75, 3.05) is 6.54 Å². The lowest BCUT2D eigenvalue weighted by atomic mass is 10.1. The number of nitrogens with zero attached hydrogens (tertiary/aromatic N) is 1. The lowest BCUT2D eigenvalue weighted by molar-refractivity contribution is 0.0951. The molecule has 1 aromatic heterocycles. The van der Waals surface area contributed by atoms with Crippen molar-refractivity contribution in [3.05, 3.63) is 45.4 Å². The maximum absolute atomic E-state index is 11.6. The van der Waals surface area contributed by atoms with Gasteiger partial charge in [0.2, 0.25) is 0 Å². The summed E-state index contributed by atoms with van der Waals surface area (Å²) in [6.07, 6.45) is 0. The van der Waals surface area contributed by atoms with Crippen LogP contribution < -0.4 is 10.1 Å². The van der Waals surface area contributed by atoms with Crippen LogP contribution >= 0.6 is 11.3 Å². The highest BCUT2D eigenvalue weighted by Gasteiger charge is 2.10. The zero-order valence-electron chi connectivity index (χ0n) is 11.9. The highest BCUT2D eigenvalue weighted by atomic mass is 32.1. The summed E-state index contributed by atoms with van der Waals surface area (Å²) in [6, 6.07) is 6.06. The summed E-state index contributed by atoms with van der Waals surface area (Å²) >= 11 is 1.44. The number of amides is 1. The van der Waals surface area contributed by atoms with E-state index in [-0.39, 0.29) is 5.91 Å². The van der Waals surface area contributed by atoms with E-state index in [1.807, 2.05) is 26.0 Å². The minimum atomic E-state index is -0.137. The molecule has 0 unspecified atom stereocenters. The molecule has 0 bridgehead atoms. The normalized spacial score (nSPS) is 10.3. The van der Waals surface area contributed by atoms with Gasteiger partial charge >= 0.3 is 0 Å². The maximum Gasteiger partial charge on any atom is 0.270 e. The zero-order valence-corrected chi connectivity index (χ0v) is 12.7. The van der Waals surface area contributed by atoms with Crippen molar-refractivity contribution >= 4 is 17.2 Å². The number of hydrogen-bond donors (Lipinski definition) is 1. The lowest BCUT2D eigenvalue weighted by Crippen LogP contribution is -2.22. The maximum atomic E-state index is 11.6. The molecule has 0 saturated carbocycles. The van der Waals surface area contributed by atoms with Crippen molar-refractivity contribution in [3.8, 4) is 5.75 Å². The van der Waals surface area contributed by atoms with Gasteiger partial charge in [0.1, 0.15) is 23.1 Å². The Morgan fingerprint density at radius 3 is 2.90 bits per heavy atom. The molecule has 5 heteroatoms. The van der Waals surface area contributed by atoms with E-state index in [0.717, 1.165) is 16.3 Å². The first-order chi connectivity index (χ1) is 9.60. The zero-order chi connectivity index (χ0) is 14.5. The number of aryl methyl sites for hydroxylation is 2. The third kappa shape index (κ3) is 3.57. The summed E-state index contributed by atoms with van der Waals surface area (Å²) < 4.78 is 5.75. The minimum absolute atomic E-state index is 0.137. The van der Waals surface area contributed by atoms with Crippen LogP contribution in [-0.2, 0) is 6.61 Å². The molecule has 1 N–H and O–H groups in total. The van der Waals surface area contributed by atoms with Crippen LogP contribution in [0.2, 0.25) is 0 Å². The smallest absolute Gasteiger partial charge is 0.270 e. The van der Waals surface area contributed by atoms with E-state index in [2.05, 4.69) is 23.3 Å². The Balaban J connectivity index is 1.99. The molecule has 1 aromatic carbocycles. The number of aromatic nitrogens is 1. The van der Waals surface area contributed by atoms with Crippen molar-refractivity contribution in [1.82, 2.24) is 10.3 Å². The molecule has 2 rings (SSSR count). The predicted octanol–water partition coefficient (Wildman–Crippen LogP) is 3.09. The Bertz CT molecular complexity index is 608. The summed E-state index contributed by atoms with van der Waals surface area (Å²) in [7, 11) is 0. The molecule has 0 saturated heterocycles. The number of nitrogens with one attached hydrogen (secondary N) is 1. The number of ether oxygens (including phenoxy) is 1. The van der Waals surface area contributed by atoms with E-state index in [9.17, 15) is 4.79 Å². The van der Waals surface area contributed by atoms with Gasteiger partial charge < -0.3 is 10.1 Å². The van der Waals surface area contributed by atoms with Gasteiger partial charge in [-0.2, -0.15) is 0 Å². The van der Waals surface area contributed by atoms with Gasteiger partial charge in [-0.25, -0.2) is 4.98 Å². The molecule has 1 heterocycles. The van der Waals surface area contributed by atoms with Gasteiger partial charge in [-0.15, -0.1) is 11.3 Å². The molecule has 20 heavy (non-hydrogen) atoms. The SMILES string of the molecule is CCNC(=O)c1csc(COc2ccc(C)cc2C)n1. The van der Waals surface area contributed by atoms with Crippen LogP contribution in [0.3, 0.4) is 0 Å². The highest BCUT2D eigenvalue weighted by molar-refractivity contribution is 7.09. The van der Waals surface area contributed by atoms with E-state index in [1.54, 1.807) is 5.38 Å². The first-order valence-corrected chi connectivity index (χ1v) is 7.40. The second-order valence-corrected chi connectivity index (χ2v) is 5.49. The number of thiazole rings is 1. The summed E-state index contributed by atoms with van der Waals surface area (Å²) in [4.78, 5) is 15.9. The van der Waals surface area contributed by atoms with Gasteiger partial charge in [0.25, 0.3) is 5.91 Å². The molecule has 0 atom stereocenters. The quantitative estimate of drug-likeness (QED) is 0.920. The minimum Gasteiger partial charge on any atom is -0.486 e. The van der Waals surface area contributed by atoms with E-state index in [1.165, 1.54) is 16.9 Å². The molecule has 0 fully saturated rings.